The monoisotopic (exact) mass is 277 g/mol. The van der Waals surface area contributed by atoms with Crippen LogP contribution in [0.4, 0.5) is 13.2 Å². The van der Waals surface area contributed by atoms with E-state index in [2.05, 4.69) is 5.32 Å². The summed E-state index contributed by atoms with van der Waals surface area (Å²) in [4.78, 5) is 0. The van der Waals surface area contributed by atoms with Gasteiger partial charge in [-0.3, -0.25) is 0 Å². The highest BCUT2D eigenvalue weighted by Crippen LogP contribution is 2.28. The van der Waals surface area contributed by atoms with Crippen molar-refractivity contribution < 1.29 is 22.6 Å². The molecule has 0 aliphatic carbocycles. The molecular formula is C13H18F3NO2. The van der Waals surface area contributed by atoms with Crippen LogP contribution in [-0.2, 0) is 0 Å². The van der Waals surface area contributed by atoms with Gasteiger partial charge in [-0.15, -0.1) is 0 Å². The van der Waals surface area contributed by atoms with Gasteiger partial charge in [-0.05, 0) is 31.5 Å². The van der Waals surface area contributed by atoms with Crippen molar-refractivity contribution in [2.24, 2.45) is 0 Å². The number of nitrogens with one attached hydrogen (secondary N) is 1. The quantitative estimate of drug-likeness (QED) is 0.867. The number of alkyl halides is 3. The highest BCUT2D eigenvalue weighted by molar-refractivity contribution is 5.42. The van der Waals surface area contributed by atoms with E-state index in [1.54, 1.807) is 13.0 Å². The standard InChI is InChI=1S/C13H18F3NO2/c1-9-4-5-11(12(6-9)18-3)19-10(2)7-17-8-13(14,15)16/h4-6,10,17H,7-8H2,1-3H3. The van der Waals surface area contributed by atoms with Gasteiger partial charge in [0.15, 0.2) is 11.5 Å². The highest BCUT2D eigenvalue weighted by atomic mass is 19.4. The van der Waals surface area contributed by atoms with Gasteiger partial charge in [0, 0.05) is 6.54 Å². The smallest absolute Gasteiger partial charge is 0.401 e. The summed E-state index contributed by atoms with van der Waals surface area (Å²) in [6, 6.07) is 5.41. The minimum absolute atomic E-state index is 0.108. The maximum absolute atomic E-state index is 12.0. The zero-order valence-electron chi connectivity index (χ0n) is 11.2. The maximum Gasteiger partial charge on any atom is 0.401 e. The Morgan fingerprint density at radius 3 is 2.53 bits per heavy atom. The summed E-state index contributed by atoms with van der Waals surface area (Å²) in [5, 5.41) is 2.30. The van der Waals surface area contributed by atoms with Crippen LogP contribution in [0.2, 0.25) is 0 Å². The number of ether oxygens (including phenoxy) is 2. The molecule has 1 atom stereocenters. The van der Waals surface area contributed by atoms with Crippen LogP contribution in [0.3, 0.4) is 0 Å². The van der Waals surface area contributed by atoms with Crippen molar-refractivity contribution >= 4 is 0 Å². The van der Waals surface area contributed by atoms with Crippen LogP contribution >= 0.6 is 0 Å². The van der Waals surface area contributed by atoms with Gasteiger partial charge in [0.25, 0.3) is 0 Å². The van der Waals surface area contributed by atoms with E-state index < -0.39 is 12.7 Å². The molecule has 0 radical (unpaired) electrons. The second-order valence-electron chi connectivity index (χ2n) is 4.33. The molecule has 1 aromatic rings. The first-order valence-electron chi connectivity index (χ1n) is 5.90. The molecule has 1 rings (SSSR count). The summed E-state index contributed by atoms with van der Waals surface area (Å²) >= 11 is 0. The number of rotatable bonds is 6. The molecule has 0 aliphatic heterocycles. The molecule has 108 valence electrons. The molecule has 0 saturated carbocycles. The van der Waals surface area contributed by atoms with Crippen molar-refractivity contribution in [1.82, 2.24) is 5.32 Å². The van der Waals surface area contributed by atoms with Crippen LogP contribution in [0.5, 0.6) is 11.5 Å². The Hall–Kier alpha value is -1.43. The third kappa shape index (κ3) is 5.83. The highest BCUT2D eigenvalue weighted by Gasteiger charge is 2.26. The van der Waals surface area contributed by atoms with Gasteiger partial charge in [0.2, 0.25) is 0 Å². The average Bonchev–Trinajstić information content (AvgIpc) is 2.29. The third-order valence-electron chi connectivity index (χ3n) is 2.40. The van der Waals surface area contributed by atoms with Crippen molar-refractivity contribution in [2.75, 3.05) is 20.2 Å². The van der Waals surface area contributed by atoms with Crippen LogP contribution < -0.4 is 14.8 Å². The Bertz CT molecular complexity index is 407. The zero-order chi connectivity index (χ0) is 14.5. The lowest BCUT2D eigenvalue weighted by molar-refractivity contribution is -0.125. The van der Waals surface area contributed by atoms with Crippen molar-refractivity contribution in [3.63, 3.8) is 0 Å². The van der Waals surface area contributed by atoms with E-state index in [0.29, 0.717) is 11.5 Å². The second-order valence-corrected chi connectivity index (χ2v) is 4.33. The van der Waals surface area contributed by atoms with E-state index in [0.717, 1.165) is 5.56 Å². The van der Waals surface area contributed by atoms with Gasteiger partial charge < -0.3 is 14.8 Å². The van der Waals surface area contributed by atoms with E-state index in [1.165, 1.54) is 7.11 Å². The van der Waals surface area contributed by atoms with E-state index in [-0.39, 0.29) is 12.6 Å². The summed E-state index contributed by atoms with van der Waals surface area (Å²) in [6.07, 6.45) is -4.60. The lowest BCUT2D eigenvalue weighted by Crippen LogP contribution is -2.35. The van der Waals surface area contributed by atoms with Crippen LogP contribution in [0.15, 0.2) is 18.2 Å². The number of hydrogen-bond donors (Lipinski definition) is 1. The minimum Gasteiger partial charge on any atom is -0.493 e. The Morgan fingerprint density at radius 2 is 1.95 bits per heavy atom. The van der Waals surface area contributed by atoms with Crippen LogP contribution in [0, 0.1) is 6.92 Å². The van der Waals surface area contributed by atoms with E-state index in [4.69, 9.17) is 9.47 Å². The third-order valence-corrected chi connectivity index (χ3v) is 2.40. The number of benzene rings is 1. The molecule has 0 saturated heterocycles. The first-order chi connectivity index (χ1) is 8.81. The zero-order valence-corrected chi connectivity index (χ0v) is 11.2. The topological polar surface area (TPSA) is 30.5 Å². The summed E-state index contributed by atoms with van der Waals surface area (Å²) in [6.45, 7) is 2.70. The summed E-state index contributed by atoms with van der Waals surface area (Å²) in [5.74, 6) is 1.09. The van der Waals surface area contributed by atoms with Gasteiger partial charge in [0.05, 0.1) is 13.7 Å². The maximum atomic E-state index is 12.0. The molecule has 0 spiro atoms. The van der Waals surface area contributed by atoms with Crippen LogP contribution in [0.25, 0.3) is 0 Å². The predicted octanol–water partition coefficient (Wildman–Crippen LogP) is 2.92. The number of methoxy groups -OCH3 is 1. The average molecular weight is 277 g/mol. The van der Waals surface area contributed by atoms with E-state index >= 15 is 0 Å². The summed E-state index contributed by atoms with van der Waals surface area (Å²) in [5.41, 5.74) is 1.02. The first-order valence-corrected chi connectivity index (χ1v) is 5.90. The molecule has 19 heavy (non-hydrogen) atoms. The van der Waals surface area contributed by atoms with Gasteiger partial charge in [-0.1, -0.05) is 6.07 Å². The van der Waals surface area contributed by atoms with Crippen molar-refractivity contribution in [3.05, 3.63) is 23.8 Å². The van der Waals surface area contributed by atoms with Gasteiger partial charge in [0.1, 0.15) is 6.10 Å². The van der Waals surface area contributed by atoms with E-state index in [9.17, 15) is 13.2 Å². The first kappa shape index (κ1) is 15.6. The summed E-state index contributed by atoms with van der Waals surface area (Å²) < 4.78 is 46.6. The van der Waals surface area contributed by atoms with Crippen molar-refractivity contribution in [1.29, 1.82) is 0 Å². The SMILES string of the molecule is COc1cc(C)ccc1OC(C)CNCC(F)(F)F. The molecule has 3 nitrogen and oxygen atoms in total. The molecular weight excluding hydrogens is 259 g/mol. The molecule has 0 aromatic heterocycles. The lowest BCUT2D eigenvalue weighted by atomic mass is 10.2. The Balaban J connectivity index is 2.50. The molecule has 0 bridgehead atoms. The molecule has 0 heterocycles. The fourth-order valence-electron chi connectivity index (χ4n) is 1.55. The van der Waals surface area contributed by atoms with Crippen molar-refractivity contribution in [3.8, 4) is 11.5 Å². The number of aryl methyl sites for hydroxylation is 1. The van der Waals surface area contributed by atoms with Crippen LogP contribution in [0.1, 0.15) is 12.5 Å². The Labute approximate surface area is 110 Å². The molecule has 0 amide bonds. The second kappa shape index (κ2) is 6.65. The molecule has 0 fully saturated rings. The fraction of sp³-hybridized carbons (Fsp3) is 0.538. The lowest BCUT2D eigenvalue weighted by Gasteiger charge is -2.18. The van der Waals surface area contributed by atoms with Gasteiger partial charge in [-0.25, -0.2) is 0 Å². The minimum atomic E-state index is -4.21. The normalized spacial score (nSPS) is 13.2. The number of halogens is 3. The fourth-order valence-corrected chi connectivity index (χ4v) is 1.55. The molecule has 1 N–H and O–H groups in total. The van der Waals surface area contributed by atoms with Gasteiger partial charge >= 0.3 is 6.18 Å². The van der Waals surface area contributed by atoms with E-state index in [1.807, 2.05) is 19.1 Å². The molecule has 0 aliphatic rings. The number of hydrogen-bond acceptors (Lipinski definition) is 3. The largest absolute Gasteiger partial charge is 0.493 e. The molecule has 6 heteroatoms. The van der Waals surface area contributed by atoms with Crippen LogP contribution in [-0.4, -0.2) is 32.5 Å². The Kier molecular flexibility index (Phi) is 5.47. The molecule has 1 unspecified atom stereocenters. The summed E-state index contributed by atoms with van der Waals surface area (Å²) in [7, 11) is 1.52. The Morgan fingerprint density at radius 1 is 1.26 bits per heavy atom. The predicted molar refractivity (Wildman–Crippen MR) is 66.7 cm³/mol. The molecule has 1 aromatic carbocycles. The van der Waals surface area contributed by atoms with Gasteiger partial charge in [-0.2, -0.15) is 13.2 Å². The van der Waals surface area contributed by atoms with Crippen molar-refractivity contribution in [2.45, 2.75) is 26.1 Å².